The van der Waals surface area contributed by atoms with Crippen molar-refractivity contribution >= 4 is 11.6 Å². The summed E-state index contributed by atoms with van der Waals surface area (Å²) in [6, 6.07) is 6.08. The van der Waals surface area contributed by atoms with Crippen LogP contribution in [0.2, 0.25) is 0 Å². The van der Waals surface area contributed by atoms with Gasteiger partial charge in [0.05, 0.1) is 7.11 Å². The van der Waals surface area contributed by atoms with E-state index in [1.54, 1.807) is 29.2 Å². The molecule has 5 nitrogen and oxygen atoms in total. The first-order valence-electron chi connectivity index (χ1n) is 5.80. The summed E-state index contributed by atoms with van der Waals surface area (Å²) < 4.78 is 19.9. The minimum atomic E-state index is -0.507. The normalized spacial score (nSPS) is 10.2. The molecule has 100 valence electrons. The van der Waals surface area contributed by atoms with E-state index in [4.69, 9.17) is 4.74 Å². The van der Waals surface area contributed by atoms with Gasteiger partial charge in [0, 0.05) is 37.1 Å². The molecule has 19 heavy (non-hydrogen) atoms. The lowest BCUT2D eigenvalue weighted by atomic mass is 10.2. The van der Waals surface area contributed by atoms with Gasteiger partial charge in [0.2, 0.25) is 5.91 Å². The molecule has 0 aliphatic rings. The Labute approximate surface area is 110 Å². The number of amides is 1. The molecule has 6 heteroatoms. The summed E-state index contributed by atoms with van der Waals surface area (Å²) in [5.74, 6) is -0.554. The summed E-state index contributed by atoms with van der Waals surface area (Å²) in [5, 5.41) is 6.61. The predicted octanol–water partition coefficient (Wildman–Crippen LogP) is 2.06. The van der Waals surface area contributed by atoms with Crippen LogP contribution in [-0.4, -0.2) is 22.8 Å². The van der Waals surface area contributed by atoms with Crippen molar-refractivity contribution in [2.24, 2.45) is 0 Å². The average Bonchev–Trinajstić information content (AvgIpc) is 2.90. The number of ether oxygens (including phenoxy) is 1. The van der Waals surface area contributed by atoms with E-state index in [1.165, 1.54) is 19.2 Å². The Hall–Kier alpha value is -2.37. The van der Waals surface area contributed by atoms with Crippen LogP contribution in [0.5, 0.6) is 5.75 Å². The average molecular weight is 263 g/mol. The molecule has 0 bridgehead atoms. The number of benzene rings is 1. The van der Waals surface area contributed by atoms with Crippen molar-refractivity contribution in [3.05, 3.63) is 42.5 Å². The molecule has 1 aromatic heterocycles. The van der Waals surface area contributed by atoms with E-state index < -0.39 is 5.82 Å². The number of nitrogens with zero attached hydrogens (tertiary/aromatic N) is 2. The van der Waals surface area contributed by atoms with E-state index in [2.05, 4.69) is 10.4 Å². The highest BCUT2D eigenvalue weighted by Gasteiger charge is 2.06. The maximum absolute atomic E-state index is 13.4. The molecule has 0 aliphatic carbocycles. The number of hydrogen-bond acceptors (Lipinski definition) is 3. The van der Waals surface area contributed by atoms with Crippen molar-refractivity contribution in [3.63, 3.8) is 0 Å². The summed E-state index contributed by atoms with van der Waals surface area (Å²) in [5.41, 5.74) is 0.406. The Morgan fingerprint density at radius 3 is 3.00 bits per heavy atom. The zero-order valence-corrected chi connectivity index (χ0v) is 10.5. The van der Waals surface area contributed by atoms with Gasteiger partial charge in [-0.25, -0.2) is 4.39 Å². The molecule has 0 unspecified atom stereocenters. The monoisotopic (exact) mass is 263 g/mol. The highest BCUT2D eigenvalue weighted by Crippen LogP contribution is 2.20. The SMILES string of the molecule is COc1ccc(NC(=O)CCn2cccn2)cc1F. The number of carbonyl (C=O) groups is 1. The quantitative estimate of drug-likeness (QED) is 0.898. The molecule has 0 aliphatic heterocycles. The van der Waals surface area contributed by atoms with Gasteiger partial charge in [-0.1, -0.05) is 0 Å². The molecule has 1 heterocycles. The first kappa shape index (κ1) is 13.1. The summed E-state index contributed by atoms with van der Waals surface area (Å²) in [6.07, 6.45) is 3.70. The minimum Gasteiger partial charge on any atom is -0.494 e. The zero-order chi connectivity index (χ0) is 13.7. The Morgan fingerprint density at radius 2 is 2.37 bits per heavy atom. The van der Waals surface area contributed by atoms with Crippen molar-refractivity contribution < 1.29 is 13.9 Å². The van der Waals surface area contributed by atoms with Gasteiger partial charge in [-0.05, 0) is 18.2 Å². The number of anilines is 1. The molecule has 0 saturated carbocycles. The Kier molecular flexibility index (Phi) is 4.12. The summed E-state index contributed by atoms with van der Waals surface area (Å²) in [6.45, 7) is 0.484. The fraction of sp³-hybridized carbons (Fsp3) is 0.231. The van der Waals surface area contributed by atoms with E-state index in [0.717, 1.165) is 0 Å². The van der Waals surface area contributed by atoms with Crippen molar-refractivity contribution in [2.45, 2.75) is 13.0 Å². The van der Waals surface area contributed by atoms with Crippen LogP contribution < -0.4 is 10.1 Å². The van der Waals surface area contributed by atoms with Crippen molar-refractivity contribution in [1.29, 1.82) is 0 Å². The number of aryl methyl sites for hydroxylation is 1. The number of halogens is 1. The molecular weight excluding hydrogens is 249 g/mol. The van der Waals surface area contributed by atoms with Gasteiger partial charge in [-0.2, -0.15) is 5.10 Å². The molecule has 0 radical (unpaired) electrons. The Morgan fingerprint density at radius 1 is 1.53 bits per heavy atom. The third-order valence-electron chi connectivity index (χ3n) is 2.56. The first-order valence-corrected chi connectivity index (χ1v) is 5.80. The second kappa shape index (κ2) is 5.99. The van der Waals surface area contributed by atoms with E-state index in [0.29, 0.717) is 12.2 Å². The maximum Gasteiger partial charge on any atom is 0.226 e. The summed E-state index contributed by atoms with van der Waals surface area (Å²) >= 11 is 0. The number of rotatable bonds is 5. The van der Waals surface area contributed by atoms with Crippen molar-refractivity contribution in [3.8, 4) is 5.75 Å². The second-order valence-electron chi connectivity index (χ2n) is 3.92. The Balaban J connectivity index is 1.90. The van der Waals surface area contributed by atoms with Crippen LogP contribution in [0.1, 0.15) is 6.42 Å². The summed E-state index contributed by atoms with van der Waals surface area (Å²) in [7, 11) is 1.39. The fourth-order valence-corrected chi connectivity index (χ4v) is 1.62. The van der Waals surface area contributed by atoms with Crippen LogP contribution in [0.4, 0.5) is 10.1 Å². The number of methoxy groups -OCH3 is 1. The number of hydrogen-bond donors (Lipinski definition) is 1. The molecule has 2 aromatic rings. The zero-order valence-electron chi connectivity index (χ0n) is 10.5. The van der Waals surface area contributed by atoms with Crippen LogP contribution in [0, 0.1) is 5.82 Å². The maximum atomic E-state index is 13.4. The van der Waals surface area contributed by atoms with Crippen molar-refractivity contribution in [2.75, 3.05) is 12.4 Å². The van der Waals surface area contributed by atoms with Crippen LogP contribution in [0.25, 0.3) is 0 Å². The van der Waals surface area contributed by atoms with Gasteiger partial charge in [0.15, 0.2) is 11.6 Å². The topological polar surface area (TPSA) is 56.1 Å². The van der Waals surface area contributed by atoms with Gasteiger partial charge in [-0.3, -0.25) is 9.48 Å². The Bertz CT molecular complexity index is 555. The molecule has 0 atom stereocenters. The number of nitrogens with one attached hydrogen (secondary N) is 1. The van der Waals surface area contributed by atoms with E-state index in [1.807, 2.05) is 0 Å². The van der Waals surface area contributed by atoms with E-state index in [9.17, 15) is 9.18 Å². The van der Waals surface area contributed by atoms with Gasteiger partial charge in [-0.15, -0.1) is 0 Å². The largest absolute Gasteiger partial charge is 0.494 e. The van der Waals surface area contributed by atoms with Crippen LogP contribution >= 0.6 is 0 Å². The smallest absolute Gasteiger partial charge is 0.226 e. The second-order valence-corrected chi connectivity index (χ2v) is 3.92. The highest BCUT2D eigenvalue weighted by atomic mass is 19.1. The highest BCUT2D eigenvalue weighted by molar-refractivity contribution is 5.90. The van der Waals surface area contributed by atoms with Gasteiger partial charge in [0.25, 0.3) is 0 Å². The third-order valence-corrected chi connectivity index (χ3v) is 2.56. The molecule has 2 rings (SSSR count). The van der Waals surface area contributed by atoms with Crippen molar-refractivity contribution in [1.82, 2.24) is 9.78 Å². The molecular formula is C13H14FN3O2. The molecule has 0 spiro atoms. The minimum absolute atomic E-state index is 0.148. The lowest BCUT2D eigenvalue weighted by Gasteiger charge is -2.07. The molecule has 1 aromatic carbocycles. The van der Waals surface area contributed by atoms with E-state index in [-0.39, 0.29) is 18.1 Å². The third kappa shape index (κ3) is 3.54. The van der Waals surface area contributed by atoms with Crippen LogP contribution in [-0.2, 0) is 11.3 Å². The van der Waals surface area contributed by atoms with Gasteiger partial charge in [0.1, 0.15) is 0 Å². The van der Waals surface area contributed by atoms with E-state index >= 15 is 0 Å². The molecule has 0 fully saturated rings. The fourth-order valence-electron chi connectivity index (χ4n) is 1.62. The van der Waals surface area contributed by atoms with Crippen LogP contribution in [0.3, 0.4) is 0 Å². The van der Waals surface area contributed by atoms with Crippen LogP contribution in [0.15, 0.2) is 36.7 Å². The van der Waals surface area contributed by atoms with Gasteiger partial charge < -0.3 is 10.1 Å². The lowest BCUT2D eigenvalue weighted by molar-refractivity contribution is -0.116. The summed E-state index contributed by atoms with van der Waals surface area (Å²) in [4.78, 5) is 11.7. The molecule has 1 N–H and O–H groups in total. The molecule has 1 amide bonds. The number of aromatic nitrogens is 2. The lowest BCUT2D eigenvalue weighted by Crippen LogP contribution is -2.14. The predicted molar refractivity (Wildman–Crippen MR) is 68.4 cm³/mol. The standard InChI is InChI=1S/C13H14FN3O2/c1-19-12-4-3-10(9-11(12)14)16-13(18)5-8-17-7-2-6-15-17/h2-4,6-7,9H,5,8H2,1H3,(H,16,18). The first-order chi connectivity index (χ1) is 9.19. The van der Waals surface area contributed by atoms with Gasteiger partial charge >= 0.3 is 0 Å². The number of carbonyl (C=O) groups excluding carboxylic acids is 1. The molecule has 0 saturated heterocycles.